The van der Waals surface area contributed by atoms with Gasteiger partial charge < -0.3 is 5.32 Å². The van der Waals surface area contributed by atoms with Crippen molar-refractivity contribution in [2.45, 2.75) is 38.5 Å². The monoisotopic (exact) mass is 405 g/mol. The van der Waals surface area contributed by atoms with E-state index in [0.717, 1.165) is 36.1 Å². The van der Waals surface area contributed by atoms with Gasteiger partial charge in [0.2, 0.25) is 0 Å². The first-order valence-corrected chi connectivity index (χ1v) is 10.9. The molecule has 1 aliphatic heterocycles. The summed E-state index contributed by atoms with van der Waals surface area (Å²) < 4.78 is 0. The van der Waals surface area contributed by atoms with Gasteiger partial charge in [0.15, 0.2) is 0 Å². The predicted molar refractivity (Wildman–Crippen MR) is 134 cm³/mol. The summed E-state index contributed by atoms with van der Waals surface area (Å²) >= 11 is 0. The van der Waals surface area contributed by atoms with Crippen LogP contribution in [-0.2, 0) is 5.41 Å². The molecule has 31 heavy (non-hydrogen) atoms. The van der Waals surface area contributed by atoms with E-state index in [1.54, 1.807) is 0 Å². The summed E-state index contributed by atoms with van der Waals surface area (Å²) in [6.45, 7) is 19.3. The molecule has 156 valence electrons. The van der Waals surface area contributed by atoms with E-state index in [2.05, 4.69) is 118 Å². The van der Waals surface area contributed by atoms with Crippen molar-refractivity contribution in [3.05, 3.63) is 126 Å². The molecule has 4 rings (SSSR count). The summed E-state index contributed by atoms with van der Waals surface area (Å²) in [6, 6.07) is 24.5. The van der Waals surface area contributed by atoms with Gasteiger partial charge in [0.25, 0.3) is 0 Å². The third-order valence-corrected chi connectivity index (χ3v) is 6.24. The molecule has 0 saturated carbocycles. The summed E-state index contributed by atoms with van der Waals surface area (Å²) in [4.78, 5) is 0. The number of nitrogens with one attached hydrogen (secondary N) is 1. The van der Waals surface area contributed by atoms with Crippen LogP contribution in [0.3, 0.4) is 0 Å². The molecule has 1 nitrogen and oxygen atoms in total. The third kappa shape index (κ3) is 3.71. The van der Waals surface area contributed by atoms with Crippen LogP contribution in [0.5, 0.6) is 0 Å². The minimum atomic E-state index is -0.208. The normalized spacial score (nSPS) is 19.4. The Labute approximate surface area is 187 Å². The Morgan fingerprint density at radius 3 is 2.19 bits per heavy atom. The maximum absolute atomic E-state index is 4.61. The van der Waals surface area contributed by atoms with Gasteiger partial charge in [-0.25, -0.2) is 0 Å². The number of hydrogen-bond donors (Lipinski definition) is 1. The second kappa shape index (κ2) is 9.54. The van der Waals surface area contributed by atoms with E-state index < -0.39 is 0 Å². The van der Waals surface area contributed by atoms with Crippen molar-refractivity contribution >= 4 is 5.57 Å². The molecule has 2 aliphatic rings. The average molecular weight is 406 g/mol. The van der Waals surface area contributed by atoms with Crippen LogP contribution >= 0.6 is 0 Å². The number of rotatable bonds is 5. The molecule has 1 N–H and O–H groups in total. The molecule has 1 aliphatic carbocycles. The number of benzene rings is 2. The zero-order valence-electron chi connectivity index (χ0n) is 18.7. The Bertz CT molecular complexity index is 1100. The lowest BCUT2D eigenvalue weighted by atomic mass is 9.65. The van der Waals surface area contributed by atoms with Gasteiger partial charge in [-0.1, -0.05) is 87.7 Å². The van der Waals surface area contributed by atoms with Gasteiger partial charge in [0.05, 0.1) is 0 Å². The molecule has 0 aromatic heterocycles. The highest BCUT2D eigenvalue weighted by Crippen LogP contribution is 2.57. The molecular weight excluding hydrogens is 374 g/mol. The predicted octanol–water partition coefficient (Wildman–Crippen LogP) is 7.33. The molecule has 0 saturated heterocycles. The van der Waals surface area contributed by atoms with Crippen LogP contribution in [0.15, 0.2) is 115 Å². The smallest absolute Gasteiger partial charge is 0.0432 e. The molecule has 1 atom stereocenters. The molecule has 1 unspecified atom stereocenters. The molecule has 0 spiro atoms. The Balaban J connectivity index is 0.00000132. The van der Waals surface area contributed by atoms with E-state index >= 15 is 0 Å². The van der Waals surface area contributed by atoms with Crippen molar-refractivity contribution in [3.63, 3.8) is 0 Å². The van der Waals surface area contributed by atoms with E-state index in [-0.39, 0.29) is 5.41 Å². The quantitative estimate of drug-likeness (QED) is 0.405. The first-order chi connectivity index (χ1) is 15.1. The van der Waals surface area contributed by atoms with Crippen LogP contribution in [0.25, 0.3) is 5.57 Å². The molecule has 1 heteroatoms. The summed E-state index contributed by atoms with van der Waals surface area (Å²) in [6.07, 6.45) is 2.68. The topological polar surface area (TPSA) is 12.0 Å². The van der Waals surface area contributed by atoms with Crippen LogP contribution in [0.4, 0.5) is 0 Å². The van der Waals surface area contributed by atoms with Gasteiger partial charge in [0.1, 0.15) is 0 Å². The summed E-state index contributed by atoms with van der Waals surface area (Å²) in [5.41, 5.74) is 9.47. The summed E-state index contributed by atoms with van der Waals surface area (Å²) in [7, 11) is 0. The van der Waals surface area contributed by atoms with Crippen molar-refractivity contribution in [1.82, 2.24) is 5.32 Å². The summed E-state index contributed by atoms with van der Waals surface area (Å²) in [5.74, 6) is 3.43. The van der Waals surface area contributed by atoms with Crippen LogP contribution in [0.1, 0.15) is 44.2 Å². The second-order valence-corrected chi connectivity index (χ2v) is 7.69. The molecule has 2 aromatic carbocycles. The van der Waals surface area contributed by atoms with E-state index in [0.29, 0.717) is 0 Å². The second-order valence-electron chi connectivity index (χ2n) is 7.69. The Kier molecular flexibility index (Phi) is 6.83. The molecule has 1 heterocycles. The van der Waals surface area contributed by atoms with Gasteiger partial charge >= 0.3 is 0 Å². The number of allylic oxidation sites excluding steroid dienone is 5. The zero-order chi connectivity index (χ0) is 22.4. The van der Waals surface area contributed by atoms with E-state index in [9.17, 15) is 0 Å². The van der Waals surface area contributed by atoms with Gasteiger partial charge in [0, 0.05) is 29.2 Å². The first-order valence-electron chi connectivity index (χ1n) is 10.9. The number of hydrogen-bond acceptors (Lipinski definition) is 1. The fourth-order valence-corrected chi connectivity index (χ4v) is 5.03. The molecule has 0 bridgehead atoms. The van der Waals surface area contributed by atoms with E-state index in [4.69, 9.17) is 0 Å². The van der Waals surface area contributed by atoms with Crippen LogP contribution < -0.4 is 5.32 Å². The molecule has 0 amide bonds. The fourth-order valence-electron chi connectivity index (χ4n) is 5.03. The minimum Gasteiger partial charge on any atom is -0.319 e. The maximum atomic E-state index is 4.61. The Hall–Kier alpha value is -3.50. The van der Waals surface area contributed by atoms with Gasteiger partial charge in [-0.05, 0) is 52.2 Å². The highest BCUT2D eigenvalue weighted by Gasteiger charge is 2.47. The lowest BCUT2D eigenvalue weighted by Crippen LogP contribution is -2.29. The highest BCUT2D eigenvalue weighted by molar-refractivity contribution is 5.88. The van der Waals surface area contributed by atoms with Gasteiger partial charge in [-0.15, -0.1) is 13.2 Å². The number of fused-ring (bicyclic) bond motifs is 1. The third-order valence-electron chi connectivity index (χ3n) is 6.24. The summed E-state index contributed by atoms with van der Waals surface area (Å²) in [5, 5.41) is 3.15. The van der Waals surface area contributed by atoms with Crippen LogP contribution in [0, 0.1) is 12.0 Å². The largest absolute Gasteiger partial charge is 0.319 e. The van der Waals surface area contributed by atoms with E-state index in [1.165, 1.54) is 27.9 Å². The first kappa shape index (κ1) is 22.2. The molecular formula is C30H31N. The lowest BCUT2D eigenvalue weighted by molar-refractivity contribution is 0.572. The Morgan fingerprint density at radius 2 is 1.61 bits per heavy atom. The molecule has 0 radical (unpaired) electrons. The van der Waals surface area contributed by atoms with Crippen LogP contribution in [0.2, 0.25) is 0 Å². The van der Waals surface area contributed by atoms with Crippen molar-refractivity contribution in [2.24, 2.45) is 0 Å². The van der Waals surface area contributed by atoms with Crippen molar-refractivity contribution in [3.8, 4) is 12.0 Å². The van der Waals surface area contributed by atoms with Gasteiger partial charge in [-0.2, -0.15) is 0 Å². The minimum absolute atomic E-state index is 0.208. The van der Waals surface area contributed by atoms with Crippen LogP contribution in [-0.4, -0.2) is 0 Å². The van der Waals surface area contributed by atoms with E-state index in [1.807, 2.05) is 0 Å². The van der Waals surface area contributed by atoms with Crippen molar-refractivity contribution in [1.29, 1.82) is 0 Å². The van der Waals surface area contributed by atoms with Crippen molar-refractivity contribution in [2.75, 3.05) is 0 Å². The van der Waals surface area contributed by atoms with Crippen molar-refractivity contribution < 1.29 is 0 Å². The SMILES string of the molecule is C=C.C=C1CC2=C(C(=C)c3ccccc3)C(CC)(c3ccccc3)C(CC)=C2C#CN1. The zero-order valence-corrected chi connectivity index (χ0v) is 18.7. The lowest BCUT2D eigenvalue weighted by Gasteiger charge is -2.37. The standard InChI is InChI=1S/C28H27N.C2H4/c1-5-26-24-17-18-29-20(3)19-25(24)27(21(4)22-13-9-7-10-14-22)28(26,6-2)23-15-11-8-12-16-23;1-2/h7-16,29H,3-6,19H2,1-2H3;1-2H2. The Morgan fingerprint density at radius 1 is 1.00 bits per heavy atom. The average Bonchev–Trinajstić information content (AvgIpc) is 2.95. The fraction of sp³-hybridized carbons (Fsp3) is 0.200. The van der Waals surface area contributed by atoms with Gasteiger partial charge in [-0.3, -0.25) is 0 Å². The molecule has 0 fully saturated rings. The molecule has 2 aromatic rings. The highest BCUT2D eigenvalue weighted by atomic mass is 14.8. The maximum Gasteiger partial charge on any atom is 0.0432 e.